The lowest BCUT2D eigenvalue weighted by molar-refractivity contribution is -0.145. The molecule has 2 fully saturated rings. The van der Waals surface area contributed by atoms with E-state index in [4.69, 9.17) is 4.74 Å². The van der Waals surface area contributed by atoms with Crippen molar-refractivity contribution < 1.29 is 9.53 Å². The van der Waals surface area contributed by atoms with Crippen LogP contribution in [0.5, 0.6) is 0 Å². The summed E-state index contributed by atoms with van der Waals surface area (Å²) in [5.41, 5.74) is -0.371. The van der Waals surface area contributed by atoms with E-state index in [0.717, 1.165) is 32.1 Å². The minimum atomic E-state index is -0.371. The summed E-state index contributed by atoms with van der Waals surface area (Å²) in [5, 5.41) is 0. The van der Waals surface area contributed by atoms with Gasteiger partial charge in [0.15, 0.2) is 5.78 Å². The van der Waals surface area contributed by atoms with Crippen molar-refractivity contribution in [2.24, 2.45) is 5.92 Å². The summed E-state index contributed by atoms with van der Waals surface area (Å²) in [5.74, 6) is 1.07. The lowest BCUT2D eigenvalue weighted by Gasteiger charge is -2.32. The quantitative estimate of drug-likeness (QED) is 0.697. The van der Waals surface area contributed by atoms with Crippen molar-refractivity contribution in [2.75, 3.05) is 6.61 Å². The Morgan fingerprint density at radius 1 is 1.27 bits per heavy atom. The number of rotatable bonds is 5. The van der Waals surface area contributed by atoms with Crippen molar-refractivity contribution in [3.8, 4) is 0 Å². The van der Waals surface area contributed by atoms with Gasteiger partial charge in [0, 0.05) is 13.0 Å². The second-order valence-electron chi connectivity index (χ2n) is 5.06. The molecular formula is C13H22O2. The molecule has 0 aromatic heterocycles. The third kappa shape index (κ3) is 2.25. The van der Waals surface area contributed by atoms with Gasteiger partial charge in [0.05, 0.1) is 0 Å². The Morgan fingerprint density at radius 2 is 1.93 bits per heavy atom. The molecule has 0 N–H and O–H groups in total. The number of ether oxygens (including phenoxy) is 1. The van der Waals surface area contributed by atoms with Crippen LogP contribution in [0.2, 0.25) is 0 Å². The molecule has 2 heteroatoms. The molecule has 86 valence electrons. The SMILES string of the molecule is CCOC1(C(=O)CC2CCC2)CCCC1. The summed E-state index contributed by atoms with van der Waals surface area (Å²) in [6.45, 7) is 2.67. The highest BCUT2D eigenvalue weighted by Gasteiger charge is 2.42. The van der Waals surface area contributed by atoms with Gasteiger partial charge in [0.2, 0.25) is 0 Å². The van der Waals surface area contributed by atoms with Crippen molar-refractivity contribution in [1.82, 2.24) is 0 Å². The smallest absolute Gasteiger partial charge is 0.164 e. The molecule has 2 nitrogen and oxygen atoms in total. The van der Waals surface area contributed by atoms with E-state index >= 15 is 0 Å². The largest absolute Gasteiger partial charge is 0.368 e. The van der Waals surface area contributed by atoms with E-state index in [2.05, 4.69) is 0 Å². The number of carbonyl (C=O) groups is 1. The summed E-state index contributed by atoms with van der Waals surface area (Å²) in [6.07, 6.45) is 8.87. The molecule has 0 aromatic rings. The maximum absolute atomic E-state index is 12.2. The van der Waals surface area contributed by atoms with E-state index in [1.165, 1.54) is 19.3 Å². The Morgan fingerprint density at radius 3 is 2.40 bits per heavy atom. The summed E-state index contributed by atoms with van der Waals surface area (Å²) >= 11 is 0. The third-order valence-corrected chi connectivity index (χ3v) is 4.04. The van der Waals surface area contributed by atoms with Crippen LogP contribution in [-0.4, -0.2) is 18.0 Å². The number of carbonyl (C=O) groups excluding carboxylic acids is 1. The van der Waals surface area contributed by atoms with Crippen molar-refractivity contribution in [2.45, 2.75) is 63.9 Å². The first-order valence-corrected chi connectivity index (χ1v) is 6.44. The van der Waals surface area contributed by atoms with Crippen LogP contribution in [0.3, 0.4) is 0 Å². The van der Waals surface area contributed by atoms with Crippen LogP contribution in [0.15, 0.2) is 0 Å². The summed E-state index contributed by atoms with van der Waals surface area (Å²) in [4.78, 5) is 12.2. The normalized spacial score (nSPS) is 25.1. The van der Waals surface area contributed by atoms with Gasteiger partial charge in [-0.2, -0.15) is 0 Å². The van der Waals surface area contributed by atoms with Gasteiger partial charge in [-0.1, -0.05) is 19.3 Å². The molecule has 0 amide bonds. The first kappa shape index (κ1) is 11.1. The van der Waals surface area contributed by atoms with E-state index in [1.54, 1.807) is 0 Å². The fourth-order valence-electron chi connectivity index (χ4n) is 2.87. The molecule has 0 heterocycles. The monoisotopic (exact) mass is 210 g/mol. The number of ketones is 1. The third-order valence-electron chi connectivity index (χ3n) is 4.04. The standard InChI is InChI=1S/C13H22O2/c1-2-15-13(8-3-4-9-13)12(14)10-11-6-5-7-11/h11H,2-10H2,1H3. The van der Waals surface area contributed by atoms with Gasteiger partial charge in [-0.25, -0.2) is 0 Å². The van der Waals surface area contributed by atoms with E-state index in [9.17, 15) is 4.79 Å². The van der Waals surface area contributed by atoms with Gasteiger partial charge < -0.3 is 4.74 Å². The number of Topliss-reactive ketones (excluding diaryl/α,β-unsaturated/α-hetero) is 1. The van der Waals surface area contributed by atoms with Gasteiger partial charge in [-0.05, 0) is 38.5 Å². The average Bonchev–Trinajstić information content (AvgIpc) is 2.61. The highest BCUT2D eigenvalue weighted by atomic mass is 16.5. The molecule has 0 aliphatic heterocycles. The van der Waals surface area contributed by atoms with Gasteiger partial charge in [0.25, 0.3) is 0 Å². The summed E-state index contributed by atoms with van der Waals surface area (Å²) < 4.78 is 5.77. The fraction of sp³-hybridized carbons (Fsp3) is 0.923. The summed E-state index contributed by atoms with van der Waals surface area (Å²) in [6, 6.07) is 0. The molecule has 0 atom stereocenters. The van der Waals surface area contributed by atoms with Crippen molar-refractivity contribution in [3.63, 3.8) is 0 Å². The minimum Gasteiger partial charge on any atom is -0.368 e. The molecule has 2 saturated carbocycles. The topological polar surface area (TPSA) is 26.3 Å². The Kier molecular flexibility index (Phi) is 3.45. The zero-order valence-electron chi connectivity index (χ0n) is 9.76. The maximum atomic E-state index is 12.2. The zero-order chi connectivity index (χ0) is 10.7. The molecule has 0 aromatic carbocycles. The van der Waals surface area contributed by atoms with E-state index in [-0.39, 0.29) is 5.60 Å². The van der Waals surface area contributed by atoms with Gasteiger partial charge in [0.1, 0.15) is 5.60 Å². The van der Waals surface area contributed by atoms with Crippen LogP contribution in [-0.2, 0) is 9.53 Å². The van der Waals surface area contributed by atoms with Gasteiger partial charge in [-0.15, -0.1) is 0 Å². The molecule has 0 spiro atoms. The molecule has 0 unspecified atom stereocenters. The lowest BCUT2D eigenvalue weighted by atomic mass is 9.78. The van der Waals surface area contributed by atoms with Crippen molar-refractivity contribution in [3.05, 3.63) is 0 Å². The first-order valence-electron chi connectivity index (χ1n) is 6.44. The minimum absolute atomic E-state index is 0.371. The average molecular weight is 210 g/mol. The second-order valence-corrected chi connectivity index (χ2v) is 5.06. The molecule has 15 heavy (non-hydrogen) atoms. The van der Waals surface area contributed by atoms with Gasteiger partial charge >= 0.3 is 0 Å². The fourth-order valence-corrected chi connectivity index (χ4v) is 2.87. The molecular weight excluding hydrogens is 188 g/mol. The van der Waals surface area contributed by atoms with E-state index in [0.29, 0.717) is 18.3 Å². The van der Waals surface area contributed by atoms with Crippen LogP contribution in [0, 0.1) is 5.92 Å². The Hall–Kier alpha value is -0.370. The maximum Gasteiger partial charge on any atom is 0.164 e. The van der Waals surface area contributed by atoms with Crippen LogP contribution in [0.1, 0.15) is 58.3 Å². The van der Waals surface area contributed by atoms with Crippen LogP contribution >= 0.6 is 0 Å². The second kappa shape index (κ2) is 4.65. The molecule has 0 bridgehead atoms. The predicted octanol–water partition coefficient (Wildman–Crippen LogP) is 3.10. The predicted molar refractivity (Wildman–Crippen MR) is 59.8 cm³/mol. The molecule has 0 radical (unpaired) electrons. The van der Waals surface area contributed by atoms with E-state index < -0.39 is 0 Å². The summed E-state index contributed by atoms with van der Waals surface area (Å²) in [7, 11) is 0. The zero-order valence-corrected chi connectivity index (χ0v) is 9.76. The first-order chi connectivity index (χ1) is 7.27. The molecule has 2 aliphatic rings. The lowest BCUT2D eigenvalue weighted by Crippen LogP contribution is -2.40. The number of hydrogen-bond donors (Lipinski definition) is 0. The van der Waals surface area contributed by atoms with Crippen LogP contribution < -0.4 is 0 Å². The molecule has 0 saturated heterocycles. The van der Waals surface area contributed by atoms with Crippen LogP contribution in [0.4, 0.5) is 0 Å². The highest BCUT2D eigenvalue weighted by Crippen LogP contribution is 2.38. The van der Waals surface area contributed by atoms with Crippen molar-refractivity contribution in [1.29, 1.82) is 0 Å². The Balaban J connectivity index is 1.93. The van der Waals surface area contributed by atoms with Gasteiger partial charge in [-0.3, -0.25) is 4.79 Å². The Bertz CT molecular complexity index is 225. The van der Waals surface area contributed by atoms with E-state index in [1.807, 2.05) is 6.92 Å². The van der Waals surface area contributed by atoms with Crippen LogP contribution in [0.25, 0.3) is 0 Å². The highest BCUT2D eigenvalue weighted by molar-refractivity contribution is 5.87. The number of hydrogen-bond acceptors (Lipinski definition) is 2. The molecule has 2 rings (SSSR count). The van der Waals surface area contributed by atoms with Crippen molar-refractivity contribution >= 4 is 5.78 Å². The Labute approximate surface area is 92.4 Å². The molecule has 2 aliphatic carbocycles.